The lowest BCUT2D eigenvalue weighted by Crippen LogP contribution is -1.89. The summed E-state index contributed by atoms with van der Waals surface area (Å²) in [6.45, 7) is 4.18. The Morgan fingerprint density at radius 1 is 1.38 bits per heavy atom. The summed E-state index contributed by atoms with van der Waals surface area (Å²) in [5.74, 6) is 1.03. The zero-order chi connectivity index (χ0) is 11.4. The standard InChI is InChI=1S/C11H13N3S2/c1-3-15-11-14-13-10(16-11)12-9-6-4-5-8(2)7-9/h4-7H,3H2,1-2H3,(H,12,13). The fraction of sp³-hybridized carbons (Fsp3) is 0.273. The lowest BCUT2D eigenvalue weighted by Gasteiger charge is -2.01. The highest BCUT2D eigenvalue weighted by atomic mass is 32.2. The molecule has 0 spiro atoms. The van der Waals surface area contributed by atoms with Gasteiger partial charge in [0.2, 0.25) is 5.13 Å². The van der Waals surface area contributed by atoms with Crippen LogP contribution in [0.1, 0.15) is 12.5 Å². The molecule has 84 valence electrons. The molecule has 1 heterocycles. The van der Waals surface area contributed by atoms with Crippen LogP contribution >= 0.6 is 23.1 Å². The number of nitrogens with one attached hydrogen (secondary N) is 1. The molecule has 0 amide bonds. The van der Waals surface area contributed by atoms with Gasteiger partial charge in [-0.2, -0.15) is 0 Å². The Kier molecular flexibility index (Phi) is 3.79. The largest absolute Gasteiger partial charge is 0.330 e. The maximum absolute atomic E-state index is 4.10. The van der Waals surface area contributed by atoms with Crippen LogP contribution in [-0.2, 0) is 0 Å². The van der Waals surface area contributed by atoms with Gasteiger partial charge in [0.25, 0.3) is 0 Å². The smallest absolute Gasteiger partial charge is 0.210 e. The molecule has 0 radical (unpaired) electrons. The molecule has 5 heteroatoms. The molecule has 0 bridgehead atoms. The average Bonchev–Trinajstić information content (AvgIpc) is 2.66. The van der Waals surface area contributed by atoms with E-state index in [2.05, 4.69) is 41.5 Å². The van der Waals surface area contributed by atoms with Crippen LogP contribution in [0.5, 0.6) is 0 Å². The molecule has 0 aliphatic heterocycles. The van der Waals surface area contributed by atoms with Crippen LogP contribution in [0, 0.1) is 6.92 Å². The fourth-order valence-electron chi connectivity index (χ4n) is 1.29. The van der Waals surface area contributed by atoms with Crippen LogP contribution in [0.4, 0.5) is 10.8 Å². The molecule has 0 unspecified atom stereocenters. The van der Waals surface area contributed by atoms with Gasteiger partial charge in [0.05, 0.1) is 0 Å². The number of nitrogens with zero attached hydrogens (tertiary/aromatic N) is 2. The maximum Gasteiger partial charge on any atom is 0.210 e. The third-order valence-electron chi connectivity index (χ3n) is 1.94. The topological polar surface area (TPSA) is 37.8 Å². The molecule has 2 rings (SSSR count). The van der Waals surface area contributed by atoms with Gasteiger partial charge in [-0.05, 0) is 30.4 Å². The minimum Gasteiger partial charge on any atom is -0.330 e. The van der Waals surface area contributed by atoms with Crippen LogP contribution in [0.2, 0.25) is 0 Å². The van der Waals surface area contributed by atoms with Crippen LogP contribution < -0.4 is 5.32 Å². The highest BCUT2D eigenvalue weighted by Gasteiger charge is 2.03. The zero-order valence-corrected chi connectivity index (χ0v) is 10.9. The monoisotopic (exact) mass is 251 g/mol. The molecule has 0 saturated carbocycles. The Morgan fingerprint density at radius 3 is 3.00 bits per heavy atom. The van der Waals surface area contributed by atoms with Gasteiger partial charge >= 0.3 is 0 Å². The first-order valence-corrected chi connectivity index (χ1v) is 6.88. The van der Waals surface area contributed by atoms with Crippen molar-refractivity contribution in [2.45, 2.75) is 18.2 Å². The summed E-state index contributed by atoms with van der Waals surface area (Å²) in [6, 6.07) is 8.22. The second-order valence-corrected chi connectivity index (χ2v) is 5.79. The van der Waals surface area contributed by atoms with Gasteiger partial charge in [0, 0.05) is 5.69 Å². The van der Waals surface area contributed by atoms with Crippen LogP contribution in [0.3, 0.4) is 0 Å². The number of rotatable bonds is 4. The van der Waals surface area contributed by atoms with E-state index in [0.29, 0.717) is 0 Å². The Bertz CT molecular complexity index is 468. The van der Waals surface area contributed by atoms with Crippen LogP contribution in [0.15, 0.2) is 28.6 Å². The van der Waals surface area contributed by atoms with Crippen molar-refractivity contribution in [1.29, 1.82) is 0 Å². The third kappa shape index (κ3) is 2.96. The van der Waals surface area contributed by atoms with Crippen LogP contribution in [-0.4, -0.2) is 16.0 Å². The van der Waals surface area contributed by atoms with Crippen molar-refractivity contribution in [3.63, 3.8) is 0 Å². The van der Waals surface area contributed by atoms with E-state index >= 15 is 0 Å². The van der Waals surface area contributed by atoms with E-state index in [1.807, 2.05) is 12.1 Å². The van der Waals surface area contributed by atoms with Gasteiger partial charge in [-0.15, -0.1) is 10.2 Å². The van der Waals surface area contributed by atoms with Gasteiger partial charge in [0.15, 0.2) is 4.34 Å². The first kappa shape index (κ1) is 11.4. The van der Waals surface area contributed by atoms with E-state index in [-0.39, 0.29) is 0 Å². The van der Waals surface area contributed by atoms with Crippen LogP contribution in [0.25, 0.3) is 0 Å². The summed E-state index contributed by atoms with van der Waals surface area (Å²) in [4.78, 5) is 0. The number of benzene rings is 1. The number of thioether (sulfide) groups is 1. The van der Waals surface area contributed by atoms with E-state index in [1.54, 1.807) is 23.1 Å². The van der Waals surface area contributed by atoms with Gasteiger partial charge in [0.1, 0.15) is 0 Å². The number of hydrogen-bond donors (Lipinski definition) is 1. The number of anilines is 2. The minimum absolute atomic E-state index is 0.849. The predicted molar refractivity (Wildman–Crippen MR) is 70.8 cm³/mol. The molecule has 1 N–H and O–H groups in total. The van der Waals surface area contributed by atoms with Crippen molar-refractivity contribution >= 4 is 33.9 Å². The van der Waals surface area contributed by atoms with Crippen molar-refractivity contribution in [2.75, 3.05) is 11.1 Å². The third-order valence-corrected chi connectivity index (χ3v) is 3.80. The molecule has 0 aliphatic rings. The summed E-state index contributed by atoms with van der Waals surface area (Å²) in [6.07, 6.45) is 0. The molecule has 16 heavy (non-hydrogen) atoms. The second kappa shape index (κ2) is 5.32. The lowest BCUT2D eigenvalue weighted by atomic mass is 10.2. The van der Waals surface area contributed by atoms with Gasteiger partial charge in [-0.1, -0.05) is 42.2 Å². The normalized spacial score (nSPS) is 10.4. The quantitative estimate of drug-likeness (QED) is 0.841. The Balaban J connectivity index is 2.08. The molecule has 1 aromatic heterocycles. The van der Waals surface area contributed by atoms with E-state index in [9.17, 15) is 0 Å². The zero-order valence-electron chi connectivity index (χ0n) is 9.23. The Morgan fingerprint density at radius 2 is 2.25 bits per heavy atom. The summed E-state index contributed by atoms with van der Waals surface area (Å²) >= 11 is 3.30. The molecular weight excluding hydrogens is 238 g/mol. The summed E-state index contributed by atoms with van der Waals surface area (Å²) < 4.78 is 1.01. The molecular formula is C11H13N3S2. The Labute approximate surface area is 103 Å². The molecule has 1 aromatic carbocycles. The van der Waals surface area contributed by atoms with Gasteiger partial charge < -0.3 is 5.32 Å². The van der Waals surface area contributed by atoms with E-state index in [1.165, 1.54) is 5.56 Å². The van der Waals surface area contributed by atoms with Crippen molar-refractivity contribution < 1.29 is 0 Å². The number of hydrogen-bond acceptors (Lipinski definition) is 5. The molecule has 0 aliphatic carbocycles. The number of aromatic nitrogens is 2. The highest BCUT2D eigenvalue weighted by molar-refractivity contribution is 8.01. The lowest BCUT2D eigenvalue weighted by molar-refractivity contribution is 1.01. The SMILES string of the molecule is CCSc1nnc(Nc2cccc(C)c2)s1. The summed E-state index contributed by atoms with van der Waals surface area (Å²) in [7, 11) is 0. The molecule has 3 nitrogen and oxygen atoms in total. The first-order valence-electron chi connectivity index (χ1n) is 5.08. The van der Waals surface area contributed by atoms with Gasteiger partial charge in [-0.25, -0.2) is 0 Å². The van der Waals surface area contributed by atoms with E-state index in [4.69, 9.17) is 0 Å². The highest BCUT2D eigenvalue weighted by Crippen LogP contribution is 2.27. The van der Waals surface area contributed by atoms with E-state index in [0.717, 1.165) is 20.9 Å². The summed E-state index contributed by atoms with van der Waals surface area (Å²) in [5, 5.41) is 12.3. The average molecular weight is 251 g/mol. The molecule has 0 atom stereocenters. The van der Waals surface area contributed by atoms with Crippen molar-refractivity contribution in [3.8, 4) is 0 Å². The van der Waals surface area contributed by atoms with E-state index < -0.39 is 0 Å². The molecule has 0 fully saturated rings. The van der Waals surface area contributed by atoms with Gasteiger partial charge in [-0.3, -0.25) is 0 Å². The predicted octanol–water partition coefficient (Wildman–Crippen LogP) is 3.70. The first-order chi connectivity index (χ1) is 7.78. The fourth-order valence-corrected chi connectivity index (χ4v) is 2.96. The minimum atomic E-state index is 0.849. The molecule has 0 saturated heterocycles. The van der Waals surface area contributed by atoms with Crippen molar-refractivity contribution in [2.24, 2.45) is 0 Å². The molecule has 2 aromatic rings. The summed E-state index contributed by atoms with van der Waals surface area (Å²) in [5.41, 5.74) is 2.29. The maximum atomic E-state index is 4.10. The van der Waals surface area contributed by atoms with Crippen molar-refractivity contribution in [3.05, 3.63) is 29.8 Å². The second-order valence-electron chi connectivity index (χ2n) is 3.30. The Hall–Kier alpha value is -1.07. The van der Waals surface area contributed by atoms with Crippen molar-refractivity contribution in [1.82, 2.24) is 10.2 Å². The number of aryl methyl sites for hydroxylation is 1.